The number of carbonyl (C=O) groups excluding carboxylic acids is 1. The highest BCUT2D eigenvalue weighted by Gasteiger charge is 2.16. The van der Waals surface area contributed by atoms with E-state index < -0.39 is 0 Å². The zero-order chi connectivity index (χ0) is 10.4. The van der Waals surface area contributed by atoms with E-state index in [0.717, 1.165) is 26.2 Å². The van der Waals surface area contributed by atoms with Crippen LogP contribution in [0.3, 0.4) is 0 Å². The van der Waals surface area contributed by atoms with Crippen molar-refractivity contribution in [2.75, 3.05) is 32.9 Å². The third kappa shape index (κ3) is 3.93. The van der Waals surface area contributed by atoms with Crippen LogP contribution in [-0.2, 0) is 4.74 Å². The van der Waals surface area contributed by atoms with Gasteiger partial charge in [-0.15, -0.1) is 0 Å². The summed E-state index contributed by atoms with van der Waals surface area (Å²) in [4.78, 5) is 13.1. The van der Waals surface area contributed by atoms with E-state index >= 15 is 0 Å². The topological polar surface area (TPSA) is 53.6 Å². The Hall–Kier alpha value is -0.810. The van der Waals surface area contributed by atoms with Crippen molar-refractivity contribution in [1.29, 1.82) is 0 Å². The van der Waals surface area contributed by atoms with Crippen molar-refractivity contribution >= 4 is 6.09 Å². The molecule has 5 heteroatoms. The summed E-state index contributed by atoms with van der Waals surface area (Å²) in [5.41, 5.74) is 0. The summed E-state index contributed by atoms with van der Waals surface area (Å²) in [6, 6.07) is 0.339. The van der Waals surface area contributed by atoms with Crippen LogP contribution in [0, 0.1) is 0 Å². The third-order valence-corrected chi connectivity index (χ3v) is 2.06. The zero-order valence-electron chi connectivity index (χ0n) is 8.88. The van der Waals surface area contributed by atoms with Crippen LogP contribution in [-0.4, -0.2) is 49.9 Å². The summed E-state index contributed by atoms with van der Waals surface area (Å²) in [5.74, 6) is 0. The molecule has 0 aliphatic carbocycles. The predicted octanol–water partition coefficient (Wildman–Crippen LogP) is -0.0163. The fourth-order valence-electron chi connectivity index (χ4n) is 1.21. The van der Waals surface area contributed by atoms with Crippen LogP contribution in [0.15, 0.2) is 0 Å². The van der Waals surface area contributed by atoms with Gasteiger partial charge < -0.3 is 15.0 Å². The molecule has 1 amide bonds. The van der Waals surface area contributed by atoms with Gasteiger partial charge in [-0.3, -0.25) is 5.32 Å². The van der Waals surface area contributed by atoms with Crippen LogP contribution in [0.25, 0.3) is 0 Å². The summed E-state index contributed by atoms with van der Waals surface area (Å²) in [6.45, 7) is 7.50. The molecule has 1 aliphatic rings. The van der Waals surface area contributed by atoms with Crippen molar-refractivity contribution in [3.63, 3.8) is 0 Å². The van der Waals surface area contributed by atoms with Gasteiger partial charge in [-0.05, 0) is 13.8 Å². The van der Waals surface area contributed by atoms with Crippen LogP contribution >= 0.6 is 0 Å². The van der Waals surface area contributed by atoms with E-state index in [1.807, 2.05) is 13.8 Å². The van der Waals surface area contributed by atoms with Gasteiger partial charge in [-0.25, -0.2) is 4.79 Å². The first-order chi connectivity index (χ1) is 6.70. The smallest absolute Gasteiger partial charge is 0.411 e. The maximum absolute atomic E-state index is 11.4. The molecule has 0 bridgehead atoms. The third-order valence-electron chi connectivity index (χ3n) is 2.06. The lowest BCUT2D eigenvalue weighted by atomic mass is 10.4. The highest BCUT2D eigenvalue weighted by atomic mass is 16.6. The molecule has 0 aromatic rings. The maximum Gasteiger partial charge on any atom is 0.411 e. The van der Waals surface area contributed by atoms with E-state index in [1.54, 1.807) is 4.90 Å². The highest BCUT2D eigenvalue weighted by Crippen LogP contribution is 1.95. The van der Waals surface area contributed by atoms with Crippen molar-refractivity contribution in [2.24, 2.45) is 0 Å². The number of piperazine rings is 1. The van der Waals surface area contributed by atoms with Gasteiger partial charge in [-0.1, -0.05) is 0 Å². The van der Waals surface area contributed by atoms with E-state index in [2.05, 4.69) is 10.6 Å². The van der Waals surface area contributed by atoms with Gasteiger partial charge in [0.2, 0.25) is 0 Å². The number of nitrogens with zero attached hydrogens (tertiary/aromatic N) is 1. The molecule has 0 saturated carbocycles. The number of nitrogens with one attached hydrogen (secondary N) is 2. The number of ether oxygens (including phenoxy) is 1. The van der Waals surface area contributed by atoms with Crippen molar-refractivity contribution in [3.05, 3.63) is 0 Å². The molecule has 1 rings (SSSR count). The van der Waals surface area contributed by atoms with E-state index in [0.29, 0.717) is 12.8 Å². The van der Waals surface area contributed by atoms with Crippen molar-refractivity contribution in [2.45, 2.75) is 19.9 Å². The molecular formula is C9H19N3O2. The second-order valence-corrected chi connectivity index (χ2v) is 3.65. The monoisotopic (exact) mass is 201 g/mol. The quantitative estimate of drug-likeness (QED) is 0.630. The summed E-state index contributed by atoms with van der Waals surface area (Å²) in [6.07, 6.45) is -0.223. The van der Waals surface area contributed by atoms with Gasteiger partial charge >= 0.3 is 6.09 Å². The van der Waals surface area contributed by atoms with E-state index in [9.17, 15) is 4.79 Å². The van der Waals surface area contributed by atoms with Crippen molar-refractivity contribution < 1.29 is 9.53 Å². The van der Waals surface area contributed by atoms with Gasteiger partial charge in [-0.2, -0.15) is 0 Å². The van der Waals surface area contributed by atoms with E-state index in [-0.39, 0.29) is 6.09 Å². The van der Waals surface area contributed by atoms with Gasteiger partial charge in [0.1, 0.15) is 6.73 Å². The van der Waals surface area contributed by atoms with Crippen LogP contribution in [0.1, 0.15) is 13.8 Å². The highest BCUT2D eigenvalue weighted by molar-refractivity contribution is 5.67. The van der Waals surface area contributed by atoms with Crippen LogP contribution in [0.4, 0.5) is 4.79 Å². The summed E-state index contributed by atoms with van der Waals surface area (Å²) < 4.78 is 5.04. The predicted molar refractivity (Wildman–Crippen MR) is 54.1 cm³/mol. The molecule has 5 nitrogen and oxygen atoms in total. The minimum atomic E-state index is -0.223. The molecule has 0 spiro atoms. The summed E-state index contributed by atoms with van der Waals surface area (Å²) in [5, 5.41) is 6.21. The molecule has 2 N–H and O–H groups in total. The standard InChI is InChI=1S/C9H19N3O2/c1-8(2)11-7-14-9(13)12-5-3-10-4-6-12/h8,10-11H,3-7H2,1-2H3. The first-order valence-electron chi connectivity index (χ1n) is 5.06. The molecule has 0 aromatic carbocycles. The van der Waals surface area contributed by atoms with Gasteiger partial charge in [0.15, 0.2) is 0 Å². The Balaban J connectivity index is 2.13. The lowest BCUT2D eigenvalue weighted by Crippen LogP contribution is -2.47. The SMILES string of the molecule is CC(C)NCOC(=O)N1CCNCC1. The molecule has 0 radical (unpaired) electrons. The Morgan fingerprint density at radius 2 is 2.14 bits per heavy atom. The minimum absolute atomic E-state index is 0.223. The number of amides is 1. The molecule has 1 fully saturated rings. The summed E-state index contributed by atoms with van der Waals surface area (Å²) in [7, 11) is 0. The second kappa shape index (κ2) is 5.82. The van der Waals surface area contributed by atoms with Crippen molar-refractivity contribution in [3.8, 4) is 0 Å². The molecule has 1 heterocycles. The normalized spacial score (nSPS) is 17.2. The molecule has 0 unspecified atom stereocenters. The van der Waals surface area contributed by atoms with Crippen LogP contribution in [0.5, 0.6) is 0 Å². The zero-order valence-corrected chi connectivity index (χ0v) is 8.88. The number of hydrogen-bond donors (Lipinski definition) is 2. The second-order valence-electron chi connectivity index (χ2n) is 3.65. The van der Waals surface area contributed by atoms with Gasteiger partial charge in [0.25, 0.3) is 0 Å². The number of hydrogen-bond acceptors (Lipinski definition) is 4. The average Bonchev–Trinajstić information content (AvgIpc) is 2.18. The fraction of sp³-hybridized carbons (Fsp3) is 0.889. The average molecular weight is 201 g/mol. The largest absolute Gasteiger partial charge is 0.433 e. The fourth-order valence-corrected chi connectivity index (χ4v) is 1.21. The van der Waals surface area contributed by atoms with Gasteiger partial charge in [0, 0.05) is 32.2 Å². The maximum atomic E-state index is 11.4. The first-order valence-corrected chi connectivity index (χ1v) is 5.06. The minimum Gasteiger partial charge on any atom is -0.433 e. The lowest BCUT2D eigenvalue weighted by Gasteiger charge is -2.26. The Morgan fingerprint density at radius 1 is 1.50 bits per heavy atom. The molecule has 82 valence electrons. The molecule has 1 aliphatic heterocycles. The molecular weight excluding hydrogens is 182 g/mol. The van der Waals surface area contributed by atoms with E-state index in [1.165, 1.54) is 0 Å². The van der Waals surface area contributed by atoms with Crippen molar-refractivity contribution in [1.82, 2.24) is 15.5 Å². The molecule has 0 atom stereocenters. The molecule has 14 heavy (non-hydrogen) atoms. The Kier molecular flexibility index (Phi) is 4.69. The van der Waals surface area contributed by atoms with Gasteiger partial charge in [0.05, 0.1) is 0 Å². The molecule has 1 saturated heterocycles. The number of rotatable bonds is 3. The Morgan fingerprint density at radius 3 is 2.71 bits per heavy atom. The Labute approximate surface area is 84.8 Å². The Bertz CT molecular complexity index is 179. The van der Waals surface area contributed by atoms with Crippen LogP contribution < -0.4 is 10.6 Å². The number of carbonyl (C=O) groups is 1. The molecule has 0 aromatic heterocycles. The van der Waals surface area contributed by atoms with E-state index in [4.69, 9.17) is 4.74 Å². The first kappa shape index (κ1) is 11.3. The lowest BCUT2D eigenvalue weighted by molar-refractivity contribution is 0.0886. The summed E-state index contributed by atoms with van der Waals surface area (Å²) >= 11 is 0. The van der Waals surface area contributed by atoms with Crippen LogP contribution in [0.2, 0.25) is 0 Å².